The molecule has 6 nitrogen and oxygen atoms in total. The van der Waals surface area contributed by atoms with Crippen LogP contribution in [0.4, 0.5) is 10.6 Å². The summed E-state index contributed by atoms with van der Waals surface area (Å²) in [5.74, 6) is 0.351. The van der Waals surface area contributed by atoms with Gasteiger partial charge in [0.1, 0.15) is 11.6 Å². The first kappa shape index (κ1) is 12.0. The lowest BCUT2D eigenvalue weighted by Crippen LogP contribution is -2.17. The first-order valence-corrected chi connectivity index (χ1v) is 5.05. The highest BCUT2D eigenvalue weighted by molar-refractivity contribution is 5.85. The number of unbranched alkanes of at least 4 members (excludes halogenated alkanes) is 1. The molecular formula is C10H14N4O2. The second kappa shape index (κ2) is 5.75. The Bertz CT molecular complexity index is 405. The minimum Gasteiger partial charge on any atom is -0.449 e. The van der Waals surface area contributed by atoms with Gasteiger partial charge in [-0.15, -0.1) is 0 Å². The number of amides is 1. The van der Waals surface area contributed by atoms with Crippen LogP contribution in [0.25, 0.3) is 0 Å². The van der Waals surface area contributed by atoms with Gasteiger partial charge in [0.15, 0.2) is 5.82 Å². The number of hydrogen-bond acceptors (Lipinski definition) is 4. The van der Waals surface area contributed by atoms with E-state index in [1.807, 2.05) is 13.0 Å². The Hall–Kier alpha value is -2.03. The smallest absolute Gasteiger partial charge is 0.412 e. The summed E-state index contributed by atoms with van der Waals surface area (Å²) < 4.78 is 6.33. The molecule has 0 saturated heterocycles. The Morgan fingerprint density at radius 1 is 1.75 bits per heavy atom. The van der Waals surface area contributed by atoms with Crippen molar-refractivity contribution >= 4 is 11.9 Å². The van der Waals surface area contributed by atoms with Gasteiger partial charge < -0.3 is 4.74 Å². The average Bonchev–Trinajstić information content (AvgIpc) is 2.61. The van der Waals surface area contributed by atoms with Crippen LogP contribution in [0.2, 0.25) is 0 Å². The van der Waals surface area contributed by atoms with Crippen molar-refractivity contribution in [2.45, 2.75) is 19.8 Å². The number of aromatic nitrogens is 2. The molecule has 0 atom stereocenters. The highest BCUT2D eigenvalue weighted by Gasteiger charge is 2.11. The van der Waals surface area contributed by atoms with Crippen LogP contribution in [0.1, 0.15) is 25.3 Å². The number of nitrogens with zero attached hydrogens (tertiary/aromatic N) is 3. The van der Waals surface area contributed by atoms with Gasteiger partial charge >= 0.3 is 6.09 Å². The number of aryl methyl sites for hydroxylation is 1. The summed E-state index contributed by atoms with van der Waals surface area (Å²) in [6.45, 7) is 2.39. The number of nitriles is 1. The number of hydrogen-bond donors (Lipinski definition) is 1. The van der Waals surface area contributed by atoms with E-state index < -0.39 is 6.09 Å². The van der Waals surface area contributed by atoms with Crippen LogP contribution >= 0.6 is 0 Å². The Kier molecular flexibility index (Phi) is 4.33. The molecule has 0 aliphatic carbocycles. The van der Waals surface area contributed by atoms with E-state index in [4.69, 9.17) is 10.00 Å². The van der Waals surface area contributed by atoms with Gasteiger partial charge in [0.25, 0.3) is 0 Å². The molecule has 1 N–H and O–H groups in total. The Morgan fingerprint density at radius 3 is 3.12 bits per heavy atom. The molecule has 1 heterocycles. The maximum atomic E-state index is 11.3. The van der Waals surface area contributed by atoms with Crippen molar-refractivity contribution in [3.05, 3.63) is 11.8 Å². The molecule has 0 fully saturated rings. The summed E-state index contributed by atoms with van der Waals surface area (Å²) in [5, 5.41) is 15.1. The summed E-state index contributed by atoms with van der Waals surface area (Å²) in [6, 6.07) is 1.94. The van der Waals surface area contributed by atoms with Crippen molar-refractivity contribution in [2.75, 3.05) is 11.9 Å². The molecule has 0 aliphatic rings. The summed E-state index contributed by atoms with van der Waals surface area (Å²) in [4.78, 5) is 11.3. The Morgan fingerprint density at radius 2 is 2.50 bits per heavy atom. The van der Waals surface area contributed by atoms with Crippen molar-refractivity contribution in [2.24, 2.45) is 7.05 Å². The zero-order valence-corrected chi connectivity index (χ0v) is 9.36. The van der Waals surface area contributed by atoms with Gasteiger partial charge in [0, 0.05) is 7.05 Å². The highest BCUT2D eigenvalue weighted by atomic mass is 16.5. The Labute approximate surface area is 93.8 Å². The van der Waals surface area contributed by atoms with Gasteiger partial charge in [-0.1, -0.05) is 13.3 Å². The average molecular weight is 222 g/mol. The van der Waals surface area contributed by atoms with Gasteiger partial charge in [-0.2, -0.15) is 10.4 Å². The molecule has 1 aromatic rings. The first-order chi connectivity index (χ1) is 7.69. The standard InChI is InChI=1S/C10H14N4O2/c1-3-4-5-16-10(15)13-9-8(6-11)7-12-14(9)2/h7H,3-5H2,1-2H3,(H,13,15). The van der Waals surface area contributed by atoms with Crippen LogP contribution in [-0.4, -0.2) is 22.5 Å². The van der Waals surface area contributed by atoms with Gasteiger partial charge in [0.2, 0.25) is 0 Å². The third kappa shape index (κ3) is 2.98. The third-order valence-corrected chi connectivity index (χ3v) is 2.01. The topological polar surface area (TPSA) is 79.9 Å². The third-order valence-electron chi connectivity index (χ3n) is 2.01. The van der Waals surface area contributed by atoms with E-state index in [0.717, 1.165) is 12.8 Å². The minimum atomic E-state index is -0.562. The second-order valence-corrected chi connectivity index (χ2v) is 3.26. The number of nitrogens with one attached hydrogen (secondary N) is 1. The maximum absolute atomic E-state index is 11.3. The van der Waals surface area contributed by atoms with E-state index >= 15 is 0 Å². The van der Waals surface area contributed by atoms with E-state index in [2.05, 4.69) is 10.4 Å². The molecule has 0 radical (unpaired) electrons. The van der Waals surface area contributed by atoms with Crippen molar-refractivity contribution in [3.8, 4) is 6.07 Å². The molecular weight excluding hydrogens is 208 g/mol. The lowest BCUT2D eigenvalue weighted by molar-refractivity contribution is 0.159. The normalized spacial score (nSPS) is 9.56. The number of carbonyl (C=O) groups excluding carboxylic acids is 1. The fourth-order valence-electron chi connectivity index (χ4n) is 1.11. The summed E-state index contributed by atoms with van der Waals surface area (Å²) in [7, 11) is 1.64. The number of carbonyl (C=O) groups is 1. The quantitative estimate of drug-likeness (QED) is 0.785. The van der Waals surface area contributed by atoms with Crippen molar-refractivity contribution < 1.29 is 9.53 Å². The predicted octanol–water partition coefficient (Wildman–Crippen LogP) is 1.64. The summed E-state index contributed by atoms with van der Waals surface area (Å²) in [5.41, 5.74) is 0.315. The Balaban J connectivity index is 2.56. The molecule has 0 aliphatic heterocycles. The molecule has 0 aromatic carbocycles. The zero-order valence-electron chi connectivity index (χ0n) is 9.36. The molecule has 86 valence electrons. The second-order valence-electron chi connectivity index (χ2n) is 3.26. The van der Waals surface area contributed by atoms with Crippen LogP contribution in [-0.2, 0) is 11.8 Å². The number of rotatable bonds is 4. The van der Waals surface area contributed by atoms with Crippen molar-refractivity contribution in [1.82, 2.24) is 9.78 Å². The lowest BCUT2D eigenvalue weighted by Gasteiger charge is -2.06. The van der Waals surface area contributed by atoms with Crippen LogP contribution < -0.4 is 5.32 Å². The van der Waals surface area contributed by atoms with E-state index in [1.54, 1.807) is 7.05 Å². The molecule has 6 heteroatoms. The molecule has 1 rings (SSSR count). The fraction of sp³-hybridized carbons (Fsp3) is 0.500. The van der Waals surface area contributed by atoms with Gasteiger partial charge in [0.05, 0.1) is 12.8 Å². The molecule has 0 saturated carbocycles. The van der Waals surface area contributed by atoms with Crippen LogP contribution in [0, 0.1) is 11.3 Å². The fourth-order valence-corrected chi connectivity index (χ4v) is 1.11. The van der Waals surface area contributed by atoms with Crippen molar-refractivity contribution in [3.63, 3.8) is 0 Å². The molecule has 1 aromatic heterocycles. The summed E-state index contributed by atoms with van der Waals surface area (Å²) in [6.07, 6.45) is 2.61. The van der Waals surface area contributed by atoms with Crippen LogP contribution in [0.5, 0.6) is 0 Å². The predicted molar refractivity (Wildman–Crippen MR) is 57.8 cm³/mol. The summed E-state index contributed by atoms with van der Waals surface area (Å²) >= 11 is 0. The van der Waals surface area contributed by atoms with E-state index in [-0.39, 0.29) is 0 Å². The number of ether oxygens (including phenoxy) is 1. The van der Waals surface area contributed by atoms with Gasteiger partial charge in [-0.25, -0.2) is 4.79 Å². The van der Waals surface area contributed by atoms with E-state index in [9.17, 15) is 4.79 Å². The van der Waals surface area contributed by atoms with Gasteiger partial charge in [-0.3, -0.25) is 10.00 Å². The minimum absolute atomic E-state index is 0.315. The molecule has 0 bridgehead atoms. The molecule has 16 heavy (non-hydrogen) atoms. The largest absolute Gasteiger partial charge is 0.449 e. The van der Waals surface area contributed by atoms with Gasteiger partial charge in [-0.05, 0) is 6.42 Å². The maximum Gasteiger partial charge on any atom is 0.412 e. The van der Waals surface area contributed by atoms with E-state index in [1.165, 1.54) is 10.9 Å². The lowest BCUT2D eigenvalue weighted by atomic mass is 10.3. The number of anilines is 1. The monoisotopic (exact) mass is 222 g/mol. The molecule has 0 spiro atoms. The highest BCUT2D eigenvalue weighted by Crippen LogP contribution is 2.12. The van der Waals surface area contributed by atoms with Crippen LogP contribution in [0.15, 0.2) is 6.20 Å². The van der Waals surface area contributed by atoms with E-state index in [0.29, 0.717) is 18.0 Å². The van der Waals surface area contributed by atoms with Crippen molar-refractivity contribution in [1.29, 1.82) is 5.26 Å². The van der Waals surface area contributed by atoms with Crippen LogP contribution in [0.3, 0.4) is 0 Å². The molecule has 1 amide bonds. The first-order valence-electron chi connectivity index (χ1n) is 5.05. The zero-order chi connectivity index (χ0) is 12.0. The SMILES string of the molecule is CCCCOC(=O)Nc1c(C#N)cnn1C. The molecule has 0 unspecified atom stereocenters.